The Bertz CT molecular complexity index is 597. The number of aliphatic hydroxyl groups is 1. The van der Waals surface area contributed by atoms with Gasteiger partial charge in [0.05, 0.1) is 13.7 Å². The van der Waals surface area contributed by atoms with Crippen LogP contribution in [-0.2, 0) is 15.9 Å². The summed E-state index contributed by atoms with van der Waals surface area (Å²) in [6.45, 7) is 4.05. The second-order valence-corrected chi connectivity index (χ2v) is 5.92. The van der Waals surface area contributed by atoms with Crippen LogP contribution in [0.1, 0.15) is 30.9 Å². The van der Waals surface area contributed by atoms with Crippen LogP contribution in [0.5, 0.6) is 5.75 Å². The summed E-state index contributed by atoms with van der Waals surface area (Å²) >= 11 is 0. The Hall–Kier alpha value is -1.54. The van der Waals surface area contributed by atoms with Gasteiger partial charge in [-0.3, -0.25) is 0 Å². The lowest BCUT2D eigenvalue weighted by molar-refractivity contribution is -0.146. The normalized spacial score (nSPS) is 27.0. The van der Waals surface area contributed by atoms with E-state index in [1.807, 2.05) is 32.0 Å². The molecule has 4 nitrogen and oxygen atoms in total. The molecule has 0 radical (unpaired) electrons. The zero-order valence-corrected chi connectivity index (χ0v) is 12.6. The SMILES string of the molecule is COc1ccc2c(c1)CC2C#CC(O)[C@H]1COC(C)(C)O1. The number of rotatable bonds is 2. The van der Waals surface area contributed by atoms with Crippen LogP contribution in [0, 0.1) is 11.8 Å². The molecule has 4 heteroatoms. The summed E-state index contributed by atoms with van der Waals surface area (Å²) in [6.07, 6.45) is -0.281. The number of ether oxygens (including phenoxy) is 3. The average Bonchev–Trinajstić information content (AvgIpc) is 2.79. The average molecular weight is 288 g/mol. The van der Waals surface area contributed by atoms with Crippen LogP contribution in [-0.4, -0.2) is 36.8 Å². The van der Waals surface area contributed by atoms with Gasteiger partial charge in [-0.25, -0.2) is 0 Å². The number of benzene rings is 1. The number of hydrogen-bond acceptors (Lipinski definition) is 4. The quantitative estimate of drug-likeness (QED) is 0.844. The highest BCUT2D eigenvalue weighted by molar-refractivity contribution is 5.49. The predicted octanol–water partition coefficient (Wildman–Crippen LogP) is 1.85. The van der Waals surface area contributed by atoms with Gasteiger partial charge >= 0.3 is 0 Å². The lowest BCUT2D eigenvalue weighted by atomic mass is 9.78. The van der Waals surface area contributed by atoms with Gasteiger partial charge in [0.15, 0.2) is 5.79 Å². The third-order valence-corrected chi connectivity index (χ3v) is 3.94. The Morgan fingerprint density at radius 1 is 1.43 bits per heavy atom. The van der Waals surface area contributed by atoms with E-state index in [1.54, 1.807) is 7.11 Å². The molecule has 1 aromatic rings. The lowest BCUT2D eigenvalue weighted by Crippen LogP contribution is -2.29. The van der Waals surface area contributed by atoms with E-state index in [0.29, 0.717) is 6.61 Å². The first kappa shape index (κ1) is 14.4. The smallest absolute Gasteiger partial charge is 0.163 e. The van der Waals surface area contributed by atoms with Crippen LogP contribution in [0.25, 0.3) is 0 Å². The third-order valence-electron chi connectivity index (χ3n) is 3.94. The third kappa shape index (κ3) is 2.91. The molecule has 1 fully saturated rings. The monoisotopic (exact) mass is 288 g/mol. The summed E-state index contributed by atoms with van der Waals surface area (Å²) in [5.41, 5.74) is 2.49. The van der Waals surface area contributed by atoms with E-state index >= 15 is 0 Å². The van der Waals surface area contributed by atoms with Crippen LogP contribution in [0.15, 0.2) is 18.2 Å². The fraction of sp³-hybridized carbons (Fsp3) is 0.529. The maximum absolute atomic E-state index is 10.1. The zero-order chi connectivity index (χ0) is 15.0. The van der Waals surface area contributed by atoms with Crippen molar-refractivity contribution >= 4 is 0 Å². The van der Waals surface area contributed by atoms with Crippen molar-refractivity contribution in [2.24, 2.45) is 0 Å². The molecule has 1 aromatic carbocycles. The maximum atomic E-state index is 10.1. The summed E-state index contributed by atoms with van der Waals surface area (Å²) in [5.74, 6) is 6.48. The first-order valence-electron chi connectivity index (χ1n) is 7.16. The molecule has 0 amide bonds. The van der Waals surface area contributed by atoms with Gasteiger partial charge in [0, 0.05) is 5.92 Å². The fourth-order valence-corrected chi connectivity index (χ4v) is 2.70. The van der Waals surface area contributed by atoms with Crippen molar-refractivity contribution in [2.75, 3.05) is 13.7 Å². The minimum absolute atomic E-state index is 0.191. The van der Waals surface area contributed by atoms with Crippen molar-refractivity contribution in [3.05, 3.63) is 29.3 Å². The molecule has 0 bridgehead atoms. The van der Waals surface area contributed by atoms with Crippen LogP contribution >= 0.6 is 0 Å². The molecule has 112 valence electrons. The highest BCUT2D eigenvalue weighted by atomic mass is 16.7. The molecule has 1 N–H and O–H groups in total. The molecular weight excluding hydrogens is 268 g/mol. The zero-order valence-electron chi connectivity index (χ0n) is 12.6. The van der Waals surface area contributed by atoms with Gasteiger partial charge in [0.1, 0.15) is 18.0 Å². The first-order valence-corrected chi connectivity index (χ1v) is 7.16. The molecule has 1 aliphatic carbocycles. The minimum Gasteiger partial charge on any atom is -0.497 e. The highest BCUT2D eigenvalue weighted by Crippen LogP contribution is 2.36. The van der Waals surface area contributed by atoms with E-state index in [2.05, 4.69) is 11.8 Å². The number of aliphatic hydroxyl groups excluding tert-OH is 1. The Balaban J connectivity index is 1.63. The van der Waals surface area contributed by atoms with E-state index in [-0.39, 0.29) is 12.0 Å². The van der Waals surface area contributed by atoms with E-state index in [0.717, 1.165) is 12.2 Å². The predicted molar refractivity (Wildman–Crippen MR) is 78.1 cm³/mol. The maximum Gasteiger partial charge on any atom is 0.163 e. The van der Waals surface area contributed by atoms with Crippen molar-refractivity contribution in [1.82, 2.24) is 0 Å². The highest BCUT2D eigenvalue weighted by Gasteiger charge is 2.36. The van der Waals surface area contributed by atoms with Crippen molar-refractivity contribution in [2.45, 2.75) is 44.2 Å². The second kappa shape index (κ2) is 5.34. The van der Waals surface area contributed by atoms with Gasteiger partial charge in [-0.15, -0.1) is 0 Å². The van der Waals surface area contributed by atoms with Gasteiger partial charge in [-0.1, -0.05) is 17.9 Å². The largest absolute Gasteiger partial charge is 0.497 e. The molecule has 2 aliphatic rings. The molecular formula is C17H20O4. The molecule has 3 rings (SSSR count). The van der Waals surface area contributed by atoms with Gasteiger partial charge in [0.25, 0.3) is 0 Å². The molecule has 1 heterocycles. The number of hydrogen-bond donors (Lipinski definition) is 1. The second-order valence-electron chi connectivity index (χ2n) is 5.92. The van der Waals surface area contributed by atoms with Gasteiger partial charge in [-0.2, -0.15) is 0 Å². The van der Waals surface area contributed by atoms with E-state index < -0.39 is 11.9 Å². The number of fused-ring (bicyclic) bond motifs is 1. The van der Waals surface area contributed by atoms with Gasteiger partial charge in [0.2, 0.25) is 0 Å². The van der Waals surface area contributed by atoms with Crippen molar-refractivity contribution in [3.8, 4) is 17.6 Å². The number of methoxy groups -OCH3 is 1. The lowest BCUT2D eigenvalue weighted by Gasteiger charge is -2.26. The molecule has 0 aromatic heterocycles. The van der Waals surface area contributed by atoms with Crippen LogP contribution in [0.2, 0.25) is 0 Å². The minimum atomic E-state index is -0.811. The summed E-state index contributed by atoms with van der Waals surface area (Å²) in [7, 11) is 1.67. The molecule has 0 saturated carbocycles. The molecule has 21 heavy (non-hydrogen) atoms. The van der Waals surface area contributed by atoms with Crippen LogP contribution in [0.4, 0.5) is 0 Å². The summed E-state index contributed by atoms with van der Waals surface area (Å²) < 4.78 is 16.2. The molecule has 1 saturated heterocycles. The molecule has 1 aliphatic heterocycles. The van der Waals surface area contributed by atoms with Crippen molar-refractivity contribution < 1.29 is 19.3 Å². The van der Waals surface area contributed by atoms with Gasteiger partial charge < -0.3 is 19.3 Å². The summed E-state index contributed by atoms with van der Waals surface area (Å²) in [6, 6.07) is 6.03. The Morgan fingerprint density at radius 3 is 2.86 bits per heavy atom. The first-order chi connectivity index (χ1) is 9.98. The fourth-order valence-electron chi connectivity index (χ4n) is 2.70. The molecule has 2 unspecified atom stereocenters. The van der Waals surface area contributed by atoms with Crippen molar-refractivity contribution in [1.29, 1.82) is 0 Å². The molecule has 3 atom stereocenters. The Labute approximate surface area is 125 Å². The summed E-state index contributed by atoms with van der Waals surface area (Å²) in [4.78, 5) is 0. The van der Waals surface area contributed by atoms with Crippen LogP contribution < -0.4 is 4.74 Å². The standard InChI is InChI=1S/C17H20O4/c1-17(2)20-10-16(21-17)15(18)7-4-11-8-12-9-13(19-3)5-6-14(11)12/h5-6,9,11,15-16,18H,8,10H2,1-3H3/t11?,15?,16-/m1/s1. The van der Waals surface area contributed by atoms with E-state index in [1.165, 1.54) is 11.1 Å². The van der Waals surface area contributed by atoms with Crippen molar-refractivity contribution in [3.63, 3.8) is 0 Å². The molecule has 0 spiro atoms. The van der Waals surface area contributed by atoms with Crippen LogP contribution in [0.3, 0.4) is 0 Å². The summed E-state index contributed by atoms with van der Waals surface area (Å²) in [5, 5.41) is 10.1. The van der Waals surface area contributed by atoms with E-state index in [9.17, 15) is 5.11 Å². The van der Waals surface area contributed by atoms with Gasteiger partial charge in [-0.05, 0) is 43.5 Å². The Morgan fingerprint density at radius 2 is 2.24 bits per heavy atom. The Kier molecular flexibility index (Phi) is 3.66. The topological polar surface area (TPSA) is 47.9 Å². The van der Waals surface area contributed by atoms with E-state index in [4.69, 9.17) is 14.2 Å².